The number of nitrogens with zero attached hydrogens (tertiary/aromatic N) is 1. The second-order valence-corrected chi connectivity index (χ2v) is 2.67. The van der Waals surface area contributed by atoms with Crippen molar-refractivity contribution in [3.05, 3.63) is 23.8 Å². The predicted molar refractivity (Wildman–Crippen MR) is 40.4 cm³/mol. The first kappa shape index (κ1) is 6.13. The maximum atomic E-state index is 4.25. The molecule has 1 heterocycles. The second-order valence-electron chi connectivity index (χ2n) is 2.67. The van der Waals surface area contributed by atoms with Crippen LogP contribution in [0.1, 0.15) is 12.8 Å². The summed E-state index contributed by atoms with van der Waals surface area (Å²) >= 11 is 0. The molecule has 1 unspecified atom stereocenters. The first-order valence-electron chi connectivity index (χ1n) is 3.75. The van der Waals surface area contributed by atoms with Gasteiger partial charge < -0.3 is 0 Å². The average Bonchev–Trinajstić information content (AvgIpc) is 2.05. The van der Waals surface area contributed by atoms with Crippen molar-refractivity contribution in [3.63, 3.8) is 0 Å². The highest BCUT2D eigenvalue weighted by Gasteiger charge is 2.17. The molecule has 1 atom stereocenters. The van der Waals surface area contributed by atoms with Crippen LogP contribution in [0.4, 0.5) is 0 Å². The fraction of sp³-hybridized carbons (Fsp3) is 0.500. The molecule has 2 nitrogen and oxygen atoms in total. The summed E-state index contributed by atoms with van der Waals surface area (Å²) in [4.78, 5) is 0. The molecule has 0 aromatic carbocycles. The molecule has 0 aromatic rings. The zero-order chi connectivity index (χ0) is 6.81. The van der Waals surface area contributed by atoms with Gasteiger partial charge in [-0.1, -0.05) is 18.2 Å². The van der Waals surface area contributed by atoms with Gasteiger partial charge in [0.2, 0.25) is 0 Å². The molecule has 2 heteroatoms. The van der Waals surface area contributed by atoms with Crippen molar-refractivity contribution < 1.29 is 0 Å². The van der Waals surface area contributed by atoms with Crippen LogP contribution in [-0.4, -0.2) is 12.6 Å². The Morgan fingerprint density at radius 3 is 3.50 bits per heavy atom. The summed E-state index contributed by atoms with van der Waals surface area (Å²) in [6.45, 7) is 1.01. The molecule has 1 saturated heterocycles. The van der Waals surface area contributed by atoms with E-state index in [1.54, 1.807) is 0 Å². The van der Waals surface area contributed by atoms with E-state index in [2.05, 4.69) is 29.1 Å². The van der Waals surface area contributed by atoms with Crippen molar-refractivity contribution in [2.75, 3.05) is 6.54 Å². The van der Waals surface area contributed by atoms with Crippen molar-refractivity contribution in [1.82, 2.24) is 10.9 Å². The maximum Gasteiger partial charge on any atom is 0.0807 e. The molecule has 1 fully saturated rings. The fourth-order valence-electron chi connectivity index (χ4n) is 1.41. The smallest absolute Gasteiger partial charge is 0.0807 e. The van der Waals surface area contributed by atoms with Gasteiger partial charge in [0, 0.05) is 6.54 Å². The van der Waals surface area contributed by atoms with Gasteiger partial charge in [0.05, 0.1) is 6.04 Å². The Kier molecular flexibility index (Phi) is 1.57. The first-order valence-corrected chi connectivity index (χ1v) is 3.75. The molecule has 53 valence electrons. The number of nitrogens with one attached hydrogen (secondary N) is 1. The van der Waals surface area contributed by atoms with Crippen molar-refractivity contribution >= 4 is 0 Å². The molecule has 1 radical (unpaired) electrons. The number of allylic oxidation sites excluding steroid dienone is 2. The van der Waals surface area contributed by atoms with Crippen LogP contribution in [0.5, 0.6) is 0 Å². The minimum absolute atomic E-state index is 0.350. The Labute approximate surface area is 61.0 Å². The summed E-state index contributed by atoms with van der Waals surface area (Å²) < 4.78 is 0. The van der Waals surface area contributed by atoms with Crippen LogP contribution in [0, 0.1) is 0 Å². The lowest BCUT2D eigenvalue weighted by Crippen LogP contribution is -2.40. The van der Waals surface area contributed by atoms with E-state index in [0.29, 0.717) is 6.04 Å². The Bertz CT molecular complexity index is 182. The molecule has 1 aliphatic carbocycles. The van der Waals surface area contributed by atoms with Crippen LogP contribution >= 0.6 is 0 Å². The van der Waals surface area contributed by atoms with E-state index < -0.39 is 0 Å². The van der Waals surface area contributed by atoms with Crippen LogP contribution in [0.25, 0.3) is 0 Å². The van der Waals surface area contributed by atoms with Gasteiger partial charge in [-0.2, -0.15) is 5.43 Å². The summed E-state index contributed by atoms with van der Waals surface area (Å²) in [5.41, 5.74) is 8.75. The van der Waals surface area contributed by atoms with Crippen molar-refractivity contribution in [1.29, 1.82) is 0 Å². The third kappa shape index (κ3) is 1.00. The highest BCUT2D eigenvalue weighted by molar-refractivity contribution is 5.24. The highest BCUT2D eigenvalue weighted by atomic mass is 15.4. The molecule has 10 heavy (non-hydrogen) atoms. The van der Waals surface area contributed by atoms with Crippen molar-refractivity contribution in [2.45, 2.75) is 18.9 Å². The van der Waals surface area contributed by atoms with Gasteiger partial charge in [0.15, 0.2) is 0 Å². The SMILES string of the molecule is C1=CC2[N]NCCC2=CC1. The quantitative estimate of drug-likeness (QED) is 0.487. The van der Waals surface area contributed by atoms with Crippen LogP contribution in [0.2, 0.25) is 0 Å². The summed E-state index contributed by atoms with van der Waals surface area (Å²) in [5.74, 6) is 0. The standard InChI is InChI=1S/C8H11N2/c1-2-4-8-7(3-1)5-6-9-10-8/h2-4,8-9H,1,5-6H2. The van der Waals surface area contributed by atoms with Gasteiger partial charge >= 0.3 is 0 Å². The topological polar surface area (TPSA) is 26.1 Å². The van der Waals surface area contributed by atoms with Crippen molar-refractivity contribution in [2.24, 2.45) is 0 Å². The summed E-state index contributed by atoms with van der Waals surface area (Å²) in [7, 11) is 0. The Morgan fingerprint density at radius 2 is 2.60 bits per heavy atom. The van der Waals surface area contributed by atoms with Crippen molar-refractivity contribution in [3.8, 4) is 0 Å². The predicted octanol–water partition coefficient (Wildman–Crippen LogP) is 0.754. The monoisotopic (exact) mass is 135 g/mol. The molecule has 1 N–H and O–H groups in total. The molecule has 0 saturated carbocycles. The first-order chi connectivity index (χ1) is 4.97. The van der Waals surface area contributed by atoms with E-state index in [1.165, 1.54) is 12.0 Å². The molecule has 2 aliphatic rings. The largest absolute Gasteiger partial charge is 0.239 e. The van der Waals surface area contributed by atoms with Gasteiger partial charge in [-0.25, -0.2) is 5.43 Å². The zero-order valence-corrected chi connectivity index (χ0v) is 5.88. The van der Waals surface area contributed by atoms with E-state index >= 15 is 0 Å². The minimum Gasteiger partial charge on any atom is -0.239 e. The van der Waals surface area contributed by atoms with Crippen LogP contribution in [0.15, 0.2) is 23.8 Å². The zero-order valence-electron chi connectivity index (χ0n) is 5.88. The normalized spacial score (nSPS) is 31.2. The van der Waals surface area contributed by atoms with Gasteiger partial charge in [-0.05, 0) is 18.4 Å². The number of fused-ring (bicyclic) bond motifs is 1. The third-order valence-corrected chi connectivity index (χ3v) is 1.97. The minimum atomic E-state index is 0.350. The summed E-state index contributed by atoms with van der Waals surface area (Å²) in [5, 5.41) is 0. The fourth-order valence-corrected chi connectivity index (χ4v) is 1.41. The second kappa shape index (κ2) is 2.56. The lowest BCUT2D eigenvalue weighted by molar-refractivity contribution is 0.442. The van der Waals surface area contributed by atoms with Gasteiger partial charge in [-0.3, -0.25) is 0 Å². The number of rotatable bonds is 0. The van der Waals surface area contributed by atoms with Crippen LogP contribution in [-0.2, 0) is 0 Å². The van der Waals surface area contributed by atoms with E-state index in [0.717, 1.165) is 13.0 Å². The number of hydrogen-bond donors (Lipinski definition) is 1. The van der Waals surface area contributed by atoms with Gasteiger partial charge in [0.1, 0.15) is 0 Å². The van der Waals surface area contributed by atoms with E-state index in [9.17, 15) is 0 Å². The number of hydrogen-bond acceptors (Lipinski definition) is 1. The Hall–Kier alpha value is -0.600. The molecular weight excluding hydrogens is 124 g/mol. The van der Waals surface area contributed by atoms with E-state index in [-0.39, 0.29) is 0 Å². The van der Waals surface area contributed by atoms with Gasteiger partial charge in [0.25, 0.3) is 0 Å². The lowest BCUT2D eigenvalue weighted by atomic mass is 9.97. The molecule has 0 amide bonds. The van der Waals surface area contributed by atoms with Crippen LogP contribution < -0.4 is 10.9 Å². The lowest BCUT2D eigenvalue weighted by Gasteiger charge is -2.24. The molecule has 0 bridgehead atoms. The Morgan fingerprint density at radius 1 is 1.60 bits per heavy atom. The molecule has 0 aromatic heterocycles. The average molecular weight is 135 g/mol. The molecule has 1 aliphatic heterocycles. The highest BCUT2D eigenvalue weighted by Crippen LogP contribution is 2.17. The summed E-state index contributed by atoms with van der Waals surface area (Å²) in [6.07, 6.45) is 8.89. The van der Waals surface area contributed by atoms with E-state index in [4.69, 9.17) is 0 Å². The molecule has 0 spiro atoms. The van der Waals surface area contributed by atoms with Gasteiger partial charge in [-0.15, -0.1) is 0 Å². The van der Waals surface area contributed by atoms with E-state index in [1.807, 2.05) is 0 Å². The third-order valence-electron chi connectivity index (χ3n) is 1.97. The Balaban J connectivity index is 2.13. The molecule has 2 rings (SSSR count). The maximum absolute atomic E-state index is 4.25. The molecular formula is C8H11N2. The van der Waals surface area contributed by atoms with Crippen LogP contribution in [0.3, 0.4) is 0 Å². The summed E-state index contributed by atoms with van der Waals surface area (Å²) in [6, 6.07) is 0.350.